The highest BCUT2D eigenvalue weighted by Gasteiger charge is 2.25. The Morgan fingerprint density at radius 2 is 2.17 bits per heavy atom. The van der Waals surface area contributed by atoms with Gasteiger partial charge in [0.2, 0.25) is 0 Å². The van der Waals surface area contributed by atoms with Crippen LogP contribution in [0, 0.1) is 12.8 Å². The molecule has 1 N–H and O–H groups in total. The molecule has 0 spiro atoms. The molecule has 1 aliphatic carbocycles. The zero-order valence-electron chi connectivity index (χ0n) is 12.0. The van der Waals surface area contributed by atoms with E-state index in [2.05, 4.69) is 44.3 Å². The Morgan fingerprint density at radius 1 is 1.39 bits per heavy atom. The molecule has 0 bridgehead atoms. The third-order valence-corrected chi connectivity index (χ3v) is 3.95. The summed E-state index contributed by atoms with van der Waals surface area (Å²) in [5.41, 5.74) is 4.37. The summed E-state index contributed by atoms with van der Waals surface area (Å²) in [6, 6.07) is 7.78. The van der Waals surface area contributed by atoms with Crippen molar-refractivity contribution in [1.82, 2.24) is 5.32 Å². The van der Waals surface area contributed by atoms with Crippen molar-refractivity contribution in [3.63, 3.8) is 0 Å². The smallest absolute Gasteiger partial charge is 0.0618 e. The summed E-state index contributed by atoms with van der Waals surface area (Å²) in [7, 11) is 1.78. The van der Waals surface area contributed by atoms with Gasteiger partial charge in [-0.1, -0.05) is 37.6 Å². The van der Waals surface area contributed by atoms with Gasteiger partial charge in [-0.15, -0.1) is 0 Å². The molecule has 2 rings (SSSR count). The van der Waals surface area contributed by atoms with E-state index < -0.39 is 0 Å². The van der Waals surface area contributed by atoms with Crippen LogP contribution in [0.3, 0.4) is 0 Å². The van der Waals surface area contributed by atoms with Gasteiger partial charge >= 0.3 is 0 Å². The van der Waals surface area contributed by atoms with E-state index in [4.69, 9.17) is 4.74 Å². The molecule has 1 aromatic rings. The summed E-state index contributed by atoms with van der Waals surface area (Å²) in [6.45, 7) is 7.46. The number of benzene rings is 1. The van der Waals surface area contributed by atoms with E-state index in [0.717, 1.165) is 6.61 Å². The second-order valence-corrected chi connectivity index (χ2v) is 5.77. The van der Waals surface area contributed by atoms with Crippen LogP contribution in [0.4, 0.5) is 0 Å². The van der Waals surface area contributed by atoms with Crippen LogP contribution in [0.2, 0.25) is 0 Å². The molecular formula is C16H25NO. The molecule has 1 aromatic carbocycles. The number of fused-ring (bicyclic) bond motifs is 1. The van der Waals surface area contributed by atoms with Gasteiger partial charge in [0.15, 0.2) is 0 Å². The summed E-state index contributed by atoms with van der Waals surface area (Å²) in [5, 5.41) is 3.77. The summed E-state index contributed by atoms with van der Waals surface area (Å²) in [4.78, 5) is 0. The standard InChI is InChI=1S/C16H25NO/c1-11(2)16(10-18-4)17-15-8-7-13-6-5-12(3)9-14(13)15/h5-6,9,11,15-17H,7-8,10H2,1-4H3. The lowest BCUT2D eigenvalue weighted by Gasteiger charge is -2.26. The third-order valence-electron chi connectivity index (χ3n) is 3.95. The van der Waals surface area contributed by atoms with Gasteiger partial charge in [0.1, 0.15) is 0 Å². The molecule has 0 saturated heterocycles. The molecule has 0 aliphatic heterocycles. The first-order valence-corrected chi connectivity index (χ1v) is 6.96. The molecule has 18 heavy (non-hydrogen) atoms. The van der Waals surface area contributed by atoms with E-state index in [1.807, 2.05) is 0 Å². The molecule has 100 valence electrons. The maximum Gasteiger partial charge on any atom is 0.0618 e. The minimum absolute atomic E-state index is 0.437. The predicted molar refractivity (Wildman–Crippen MR) is 75.9 cm³/mol. The van der Waals surface area contributed by atoms with Crippen molar-refractivity contribution in [3.8, 4) is 0 Å². The van der Waals surface area contributed by atoms with Crippen LogP contribution in [0.1, 0.15) is 43.0 Å². The monoisotopic (exact) mass is 247 g/mol. The number of ether oxygens (including phenoxy) is 1. The molecule has 0 aromatic heterocycles. The van der Waals surface area contributed by atoms with Gasteiger partial charge in [0.25, 0.3) is 0 Å². The van der Waals surface area contributed by atoms with Crippen molar-refractivity contribution in [2.75, 3.05) is 13.7 Å². The SMILES string of the molecule is COCC(NC1CCc2ccc(C)cc21)C(C)C. The maximum atomic E-state index is 5.32. The zero-order valence-corrected chi connectivity index (χ0v) is 12.0. The molecule has 2 heteroatoms. The molecule has 2 unspecified atom stereocenters. The molecule has 1 aliphatic rings. The Labute approximate surface area is 111 Å². The van der Waals surface area contributed by atoms with Gasteiger partial charge in [-0.3, -0.25) is 0 Å². The Kier molecular flexibility index (Phi) is 4.41. The molecule has 0 heterocycles. The summed E-state index contributed by atoms with van der Waals surface area (Å²) < 4.78 is 5.32. The van der Waals surface area contributed by atoms with Gasteiger partial charge in [-0.25, -0.2) is 0 Å². The Morgan fingerprint density at radius 3 is 2.83 bits per heavy atom. The van der Waals surface area contributed by atoms with Crippen LogP contribution >= 0.6 is 0 Å². The molecule has 0 radical (unpaired) electrons. The van der Waals surface area contributed by atoms with Crippen LogP contribution in [0.5, 0.6) is 0 Å². The third kappa shape index (κ3) is 2.93. The number of methoxy groups -OCH3 is 1. The molecule has 2 nitrogen and oxygen atoms in total. The highest BCUT2D eigenvalue weighted by molar-refractivity contribution is 5.37. The zero-order chi connectivity index (χ0) is 13.1. The largest absolute Gasteiger partial charge is 0.383 e. The van der Waals surface area contributed by atoms with Crippen molar-refractivity contribution in [3.05, 3.63) is 34.9 Å². The van der Waals surface area contributed by atoms with Crippen molar-refractivity contribution >= 4 is 0 Å². The van der Waals surface area contributed by atoms with Crippen molar-refractivity contribution in [2.45, 2.75) is 45.7 Å². The number of aryl methyl sites for hydroxylation is 2. The number of hydrogen-bond acceptors (Lipinski definition) is 2. The first-order valence-electron chi connectivity index (χ1n) is 6.96. The van der Waals surface area contributed by atoms with Crippen LogP contribution in [-0.4, -0.2) is 19.8 Å². The minimum atomic E-state index is 0.437. The van der Waals surface area contributed by atoms with Gasteiger partial charge in [-0.05, 0) is 36.8 Å². The van der Waals surface area contributed by atoms with E-state index in [0.29, 0.717) is 18.0 Å². The minimum Gasteiger partial charge on any atom is -0.383 e. The lowest BCUT2D eigenvalue weighted by molar-refractivity contribution is 0.140. The van der Waals surface area contributed by atoms with Gasteiger partial charge < -0.3 is 10.1 Å². The van der Waals surface area contributed by atoms with E-state index >= 15 is 0 Å². The van der Waals surface area contributed by atoms with Gasteiger partial charge in [-0.2, -0.15) is 0 Å². The van der Waals surface area contributed by atoms with E-state index in [1.165, 1.54) is 29.5 Å². The Hall–Kier alpha value is -0.860. The number of nitrogens with one attached hydrogen (secondary N) is 1. The quantitative estimate of drug-likeness (QED) is 0.862. The van der Waals surface area contributed by atoms with Crippen LogP contribution < -0.4 is 5.32 Å². The molecule has 2 atom stereocenters. The van der Waals surface area contributed by atoms with Crippen molar-refractivity contribution < 1.29 is 4.74 Å². The van der Waals surface area contributed by atoms with Crippen LogP contribution in [0.25, 0.3) is 0 Å². The molecule has 0 fully saturated rings. The molecule has 0 saturated carbocycles. The summed E-state index contributed by atoms with van der Waals surface area (Å²) >= 11 is 0. The average molecular weight is 247 g/mol. The Balaban J connectivity index is 2.10. The molecular weight excluding hydrogens is 222 g/mol. The van der Waals surface area contributed by atoms with Crippen LogP contribution in [-0.2, 0) is 11.2 Å². The normalized spacial score (nSPS) is 20.2. The topological polar surface area (TPSA) is 21.3 Å². The van der Waals surface area contributed by atoms with Crippen molar-refractivity contribution in [1.29, 1.82) is 0 Å². The van der Waals surface area contributed by atoms with E-state index in [-0.39, 0.29) is 0 Å². The first-order chi connectivity index (χ1) is 8.61. The lowest BCUT2D eigenvalue weighted by atomic mass is 10.0. The second kappa shape index (κ2) is 5.85. The fourth-order valence-corrected chi connectivity index (χ4v) is 2.77. The van der Waals surface area contributed by atoms with Gasteiger partial charge in [0.05, 0.1) is 6.61 Å². The van der Waals surface area contributed by atoms with Gasteiger partial charge in [0, 0.05) is 19.2 Å². The Bertz CT molecular complexity index is 400. The maximum absolute atomic E-state index is 5.32. The second-order valence-electron chi connectivity index (χ2n) is 5.77. The fourth-order valence-electron chi connectivity index (χ4n) is 2.77. The fraction of sp³-hybridized carbons (Fsp3) is 0.625. The first kappa shape index (κ1) is 13.6. The highest BCUT2D eigenvalue weighted by Crippen LogP contribution is 2.32. The summed E-state index contributed by atoms with van der Waals surface area (Å²) in [5.74, 6) is 0.596. The summed E-state index contributed by atoms with van der Waals surface area (Å²) in [6.07, 6.45) is 2.41. The highest BCUT2D eigenvalue weighted by atomic mass is 16.5. The van der Waals surface area contributed by atoms with E-state index in [9.17, 15) is 0 Å². The molecule has 0 amide bonds. The van der Waals surface area contributed by atoms with Crippen LogP contribution in [0.15, 0.2) is 18.2 Å². The number of hydrogen-bond donors (Lipinski definition) is 1. The number of rotatable bonds is 5. The van der Waals surface area contributed by atoms with E-state index in [1.54, 1.807) is 7.11 Å². The average Bonchev–Trinajstić information content (AvgIpc) is 2.71. The predicted octanol–water partition coefficient (Wildman–Crippen LogP) is 3.24. The lowest BCUT2D eigenvalue weighted by Crippen LogP contribution is -2.39. The van der Waals surface area contributed by atoms with Crippen molar-refractivity contribution in [2.24, 2.45) is 5.92 Å².